The molecule has 0 N–H and O–H groups in total. The van der Waals surface area contributed by atoms with Gasteiger partial charge >= 0.3 is 0 Å². The fourth-order valence-electron chi connectivity index (χ4n) is 2.62. The number of nitrogens with zero attached hydrogens (tertiary/aromatic N) is 2. The average molecular weight is 317 g/mol. The highest BCUT2D eigenvalue weighted by Gasteiger charge is 2.22. The van der Waals surface area contributed by atoms with Crippen LogP contribution in [0.1, 0.15) is 24.5 Å². The maximum atomic E-state index is 13.6. The molecule has 0 radical (unpaired) electrons. The van der Waals surface area contributed by atoms with Crippen LogP contribution in [0.3, 0.4) is 0 Å². The Bertz CT molecular complexity index is 636. The van der Waals surface area contributed by atoms with Crippen LogP contribution in [0.15, 0.2) is 12.1 Å². The smallest absolute Gasteiger partial charge is 0.144 e. The number of hydrogen-bond acceptors (Lipinski definition) is 2. The van der Waals surface area contributed by atoms with Crippen molar-refractivity contribution in [3.8, 4) is 0 Å². The van der Waals surface area contributed by atoms with Crippen molar-refractivity contribution >= 4 is 34.2 Å². The van der Waals surface area contributed by atoms with Crippen molar-refractivity contribution in [3.05, 3.63) is 28.8 Å². The van der Waals surface area contributed by atoms with E-state index in [2.05, 4.69) is 4.98 Å². The molecule has 0 aliphatic carbocycles. The lowest BCUT2D eigenvalue weighted by atomic mass is 10.1. The van der Waals surface area contributed by atoms with E-state index in [9.17, 15) is 4.39 Å². The Kier molecular flexibility index (Phi) is 3.89. The second kappa shape index (κ2) is 5.51. The van der Waals surface area contributed by atoms with Gasteiger partial charge in [0.05, 0.1) is 28.0 Å². The number of halogens is 3. The molecule has 2 aromatic rings. The highest BCUT2D eigenvalue weighted by Crippen LogP contribution is 2.30. The van der Waals surface area contributed by atoms with Crippen LogP contribution < -0.4 is 0 Å². The molecule has 2 atom stereocenters. The molecule has 6 heteroatoms. The number of imidazole rings is 1. The Labute approximate surface area is 126 Å². The largest absolute Gasteiger partial charge is 0.381 e. The quantitative estimate of drug-likeness (QED) is 0.795. The van der Waals surface area contributed by atoms with Gasteiger partial charge in [0.2, 0.25) is 0 Å². The Morgan fingerprint density at radius 3 is 3.00 bits per heavy atom. The van der Waals surface area contributed by atoms with E-state index >= 15 is 0 Å². The zero-order valence-electron chi connectivity index (χ0n) is 11.1. The number of benzene rings is 1. The molecule has 1 fully saturated rings. The molecule has 1 saturated heterocycles. The van der Waals surface area contributed by atoms with Crippen molar-refractivity contribution in [2.24, 2.45) is 5.92 Å². The molecule has 2 unspecified atom stereocenters. The molecule has 1 aromatic carbocycles. The molecule has 3 rings (SSSR count). The zero-order valence-corrected chi connectivity index (χ0v) is 12.6. The second-order valence-corrected chi connectivity index (χ2v) is 6.24. The third kappa shape index (κ3) is 2.52. The van der Waals surface area contributed by atoms with Crippen LogP contribution in [-0.4, -0.2) is 22.8 Å². The normalized spacial score (nSPS) is 20.7. The van der Waals surface area contributed by atoms with E-state index in [-0.39, 0.29) is 10.4 Å². The molecule has 0 bridgehead atoms. The van der Waals surface area contributed by atoms with Crippen molar-refractivity contribution in [2.75, 3.05) is 13.2 Å². The Morgan fingerprint density at radius 1 is 1.55 bits per heavy atom. The third-order valence-corrected chi connectivity index (χ3v) is 4.13. The topological polar surface area (TPSA) is 27.1 Å². The zero-order chi connectivity index (χ0) is 14.3. The Morgan fingerprint density at radius 2 is 2.35 bits per heavy atom. The highest BCUT2D eigenvalue weighted by molar-refractivity contribution is 6.31. The molecular weight excluding hydrogens is 302 g/mol. The van der Waals surface area contributed by atoms with Gasteiger partial charge < -0.3 is 9.30 Å². The van der Waals surface area contributed by atoms with Crippen LogP contribution in [0.4, 0.5) is 4.39 Å². The Balaban J connectivity index is 2.10. The van der Waals surface area contributed by atoms with Crippen molar-refractivity contribution in [1.29, 1.82) is 0 Å². The van der Waals surface area contributed by atoms with E-state index in [4.69, 9.17) is 27.9 Å². The van der Waals surface area contributed by atoms with Gasteiger partial charge in [-0.25, -0.2) is 9.37 Å². The summed E-state index contributed by atoms with van der Waals surface area (Å²) in [5, 5.41) is -0.137. The van der Waals surface area contributed by atoms with Crippen LogP contribution in [0.25, 0.3) is 11.0 Å². The molecule has 1 aliphatic heterocycles. The van der Waals surface area contributed by atoms with Gasteiger partial charge in [0, 0.05) is 25.1 Å². The summed E-state index contributed by atoms with van der Waals surface area (Å²) in [4.78, 5) is 4.45. The summed E-state index contributed by atoms with van der Waals surface area (Å²) in [7, 11) is 0. The summed E-state index contributed by atoms with van der Waals surface area (Å²) in [6, 6.07) is 2.99. The average Bonchev–Trinajstić information content (AvgIpc) is 3.00. The molecular formula is C14H15Cl2FN2O. The maximum absolute atomic E-state index is 13.6. The lowest BCUT2D eigenvalue weighted by Gasteiger charge is -2.14. The minimum Gasteiger partial charge on any atom is -0.381 e. The van der Waals surface area contributed by atoms with E-state index in [1.807, 2.05) is 11.5 Å². The van der Waals surface area contributed by atoms with Crippen molar-refractivity contribution in [3.63, 3.8) is 0 Å². The monoisotopic (exact) mass is 316 g/mol. The number of fused-ring (bicyclic) bond motifs is 1. The fourth-order valence-corrected chi connectivity index (χ4v) is 2.94. The lowest BCUT2D eigenvalue weighted by molar-refractivity contribution is 0.182. The SMILES string of the molecule is CC(Cl)c1nc2cc(F)c(Cl)cc2n1CC1CCOC1. The summed E-state index contributed by atoms with van der Waals surface area (Å²) in [6.45, 7) is 4.16. The number of alkyl halides is 1. The summed E-state index contributed by atoms with van der Waals surface area (Å²) in [5.41, 5.74) is 1.42. The van der Waals surface area contributed by atoms with E-state index in [1.54, 1.807) is 6.07 Å². The number of ether oxygens (including phenoxy) is 1. The Hall–Kier alpha value is -0.840. The highest BCUT2D eigenvalue weighted by atomic mass is 35.5. The van der Waals surface area contributed by atoms with Crippen molar-refractivity contribution < 1.29 is 9.13 Å². The molecule has 108 valence electrons. The van der Waals surface area contributed by atoms with Gasteiger partial charge in [-0.1, -0.05) is 11.6 Å². The van der Waals surface area contributed by atoms with Crippen LogP contribution in [-0.2, 0) is 11.3 Å². The van der Waals surface area contributed by atoms with Crippen LogP contribution in [0, 0.1) is 11.7 Å². The fraction of sp³-hybridized carbons (Fsp3) is 0.500. The summed E-state index contributed by atoms with van der Waals surface area (Å²) >= 11 is 12.1. The molecule has 20 heavy (non-hydrogen) atoms. The van der Waals surface area contributed by atoms with Crippen molar-refractivity contribution in [1.82, 2.24) is 9.55 Å². The van der Waals surface area contributed by atoms with E-state index in [1.165, 1.54) is 6.07 Å². The first-order chi connectivity index (χ1) is 9.56. The molecule has 0 amide bonds. The van der Waals surface area contributed by atoms with E-state index < -0.39 is 5.82 Å². The van der Waals surface area contributed by atoms with Gasteiger partial charge in [-0.3, -0.25) is 0 Å². The molecule has 3 nitrogen and oxygen atoms in total. The number of aromatic nitrogens is 2. The van der Waals surface area contributed by atoms with Gasteiger partial charge in [0.1, 0.15) is 11.6 Å². The summed E-state index contributed by atoms with van der Waals surface area (Å²) < 4.78 is 21.0. The summed E-state index contributed by atoms with van der Waals surface area (Å²) in [5.74, 6) is 0.724. The van der Waals surface area contributed by atoms with Crippen LogP contribution >= 0.6 is 23.2 Å². The first kappa shape index (κ1) is 14.1. The minimum atomic E-state index is -0.457. The standard InChI is InChI=1S/C14H15Cl2FN2O/c1-8(15)14-18-12-5-11(17)10(16)4-13(12)19(14)6-9-2-3-20-7-9/h4-5,8-9H,2-3,6-7H2,1H3. The van der Waals surface area contributed by atoms with Gasteiger partial charge in [-0.2, -0.15) is 0 Å². The van der Waals surface area contributed by atoms with E-state index in [0.717, 1.165) is 37.5 Å². The predicted molar refractivity (Wildman–Crippen MR) is 77.9 cm³/mol. The van der Waals surface area contributed by atoms with Crippen molar-refractivity contribution in [2.45, 2.75) is 25.3 Å². The van der Waals surface area contributed by atoms with Gasteiger partial charge in [0.15, 0.2) is 0 Å². The van der Waals surface area contributed by atoms with Crippen LogP contribution in [0.2, 0.25) is 5.02 Å². The molecule has 1 aliphatic rings. The van der Waals surface area contributed by atoms with Gasteiger partial charge in [-0.15, -0.1) is 11.6 Å². The number of rotatable bonds is 3. The second-order valence-electron chi connectivity index (χ2n) is 5.18. The lowest BCUT2D eigenvalue weighted by Crippen LogP contribution is -2.13. The maximum Gasteiger partial charge on any atom is 0.144 e. The molecule has 2 heterocycles. The first-order valence-electron chi connectivity index (χ1n) is 6.63. The van der Waals surface area contributed by atoms with Gasteiger partial charge in [0.25, 0.3) is 0 Å². The predicted octanol–water partition coefficient (Wildman–Crippen LogP) is 4.17. The minimum absolute atomic E-state index is 0.107. The molecule has 1 aromatic heterocycles. The third-order valence-electron chi connectivity index (χ3n) is 3.64. The first-order valence-corrected chi connectivity index (χ1v) is 7.44. The van der Waals surface area contributed by atoms with Gasteiger partial charge in [-0.05, 0) is 19.4 Å². The summed E-state index contributed by atoms with van der Waals surface area (Å²) in [6.07, 6.45) is 1.02. The number of hydrogen-bond donors (Lipinski definition) is 0. The molecule has 0 spiro atoms. The van der Waals surface area contributed by atoms with E-state index in [0.29, 0.717) is 11.4 Å². The molecule has 0 saturated carbocycles. The van der Waals surface area contributed by atoms with Crippen LogP contribution in [0.5, 0.6) is 0 Å².